The van der Waals surface area contributed by atoms with Gasteiger partial charge in [-0.2, -0.15) is 0 Å². The zero-order valence-corrected chi connectivity index (χ0v) is 15.1. The Morgan fingerprint density at radius 1 is 1.33 bits per heavy atom. The number of nitrogens with one attached hydrogen (secondary N) is 2. The van der Waals surface area contributed by atoms with Crippen LogP contribution in [-0.4, -0.2) is 30.8 Å². The van der Waals surface area contributed by atoms with E-state index in [1.165, 1.54) is 26.0 Å². The molecular weight excluding hydrogens is 352 g/mol. The molecular formula is C16H21ClN2O4S. The van der Waals surface area contributed by atoms with Crippen LogP contribution < -0.4 is 10.6 Å². The Labute approximate surface area is 146 Å². The third kappa shape index (κ3) is 3.07. The highest BCUT2D eigenvalue weighted by molar-refractivity contribution is 7.92. The van der Waals surface area contributed by atoms with Crippen LogP contribution >= 0.6 is 11.6 Å². The van der Waals surface area contributed by atoms with Crippen molar-refractivity contribution in [3.05, 3.63) is 17.2 Å². The molecule has 1 aromatic rings. The Kier molecular flexibility index (Phi) is 4.42. The smallest absolute Gasteiger partial charge is 0.319 e. The van der Waals surface area contributed by atoms with E-state index in [0.717, 1.165) is 25.2 Å². The summed E-state index contributed by atoms with van der Waals surface area (Å²) in [5, 5.41) is 14.9. The van der Waals surface area contributed by atoms with Gasteiger partial charge in [0.15, 0.2) is 15.6 Å². The molecule has 0 aliphatic heterocycles. The molecule has 0 spiro atoms. The maximum Gasteiger partial charge on any atom is 0.319 e. The standard InChI is InChI=1S/C16H21ClN2O4S/c1-8(2)24(22,23)15-11(17)4-6-13(14(15)20)19-16(21)18-12-5-3-9-7-10(9)12/h4,6,8-10,12,20H,3,5,7H2,1-2H3,(H2,18,19,21). The molecule has 3 N–H and O–H groups in total. The molecule has 3 atom stereocenters. The summed E-state index contributed by atoms with van der Waals surface area (Å²) in [5.74, 6) is 0.774. The van der Waals surface area contributed by atoms with Crippen LogP contribution in [0.3, 0.4) is 0 Å². The van der Waals surface area contributed by atoms with Crippen LogP contribution in [-0.2, 0) is 9.84 Å². The maximum atomic E-state index is 12.4. The number of halogens is 1. The SMILES string of the molecule is CC(C)S(=O)(=O)c1c(Cl)ccc(NC(=O)NC2CCC3CC32)c1O. The highest BCUT2D eigenvalue weighted by atomic mass is 35.5. The second-order valence-corrected chi connectivity index (χ2v) is 9.66. The van der Waals surface area contributed by atoms with E-state index in [4.69, 9.17) is 11.6 Å². The third-order valence-electron chi connectivity index (χ3n) is 4.90. The van der Waals surface area contributed by atoms with Crippen LogP contribution in [0.4, 0.5) is 10.5 Å². The van der Waals surface area contributed by atoms with Crippen LogP contribution in [0.25, 0.3) is 0 Å². The van der Waals surface area contributed by atoms with Gasteiger partial charge >= 0.3 is 6.03 Å². The van der Waals surface area contributed by atoms with E-state index in [-0.39, 0.29) is 21.6 Å². The largest absolute Gasteiger partial charge is 0.504 e. The minimum atomic E-state index is -3.77. The molecule has 6 nitrogen and oxygen atoms in total. The van der Waals surface area contributed by atoms with Gasteiger partial charge in [-0.3, -0.25) is 0 Å². The molecule has 2 fully saturated rings. The highest BCUT2D eigenvalue weighted by Crippen LogP contribution is 2.51. The minimum absolute atomic E-state index is 0.0291. The van der Waals surface area contributed by atoms with E-state index >= 15 is 0 Å². The summed E-state index contributed by atoms with van der Waals surface area (Å²) < 4.78 is 24.7. The molecule has 0 heterocycles. The van der Waals surface area contributed by atoms with Gasteiger partial charge in [-0.15, -0.1) is 0 Å². The summed E-state index contributed by atoms with van der Waals surface area (Å²) >= 11 is 5.96. The number of anilines is 1. The zero-order chi connectivity index (χ0) is 17.6. The molecule has 3 unspecified atom stereocenters. The van der Waals surface area contributed by atoms with Crippen molar-refractivity contribution in [2.75, 3.05) is 5.32 Å². The van der Waals surface area contributed by atoms with Crippen molar-refractivity contribution in [2.45, 2.75) is 49.3 Å². The number of hydrogen-bond acceptors (Lipinski definition) is 4. The molecule has 132 valence electrons. The lowest BCUT2D eigenvalue weighted by Gasteiger charge is -2.17. The second-order valence-electron chi connectivity index (χ2n) is 6.81. The van der Waals surface area contributed by atoms with Crippen LogP contribution in [0, 0.1) is 11.8 Å². The molecule has 2 aliphatic rings. The predicted molar refractivity (Wildman–Crippen MR) is 92.2 cm³/mol. The van der Waals surface area contributed by atoms with E-state index in [9.17, 15) is 18.3 Å². The summed E-state index contributed by atoms with van der Waals surface area (Å²) in [4.78, 5) is 11.8. The molecule has 1 aromatic carbocycles. The van der Waals surface area contributed by atoms with E-state index in [2.05, 4.69) is 10.6 Å². The lowest BCUT2D eigenvalue weighted by Crippen LogP contribution is -2.38. The molecule has 0 saturated heterocycles. The van der Waals surface area contributed by atoms with Crippen molar-refractivity contribution in [3.63, 3.8) is 0 Å². The Hall–Kier alpha value is -1.47. The first-order chi connectivity index (χ1) is 11.2. The summed E-state index contributed by atoms with van der Waals surface area (Å²) in [7, 11) is -3.77. The minimum Gasteiger partial charge on any atom is -0.504 e. The first-order valence-corrected chi connectivity index (χ1v) is 9.97. The first kappa shape index (κ1) is 17.4. The fourth-order valence-electron chi connectivity index (χ4n) is 3.36. The Bertz CT molecular complexity index is 779. The number of phenols is 1. The molecule has 8 heteroatoms. The van der Waals surface area contributed by atoms with Gasteiger partial charge < -0.3 is 15.7 Å². The number of urea groups is 1. The topological polar surface area (TPSA) is 95.5 Å². The van der Waals surface area contributed by atoms with Gasteiger partial charge in [0, 0.05) is 6.04 Å². The van der Waals surface area contributed by atoms with Crippen molar-refractivity contribution in [1.82, 2.24) is 5.32 Å². The van der Waals surface area contributed by atoms with Gasteiger partial charge in [0.2, 0.25) is 0 Å². The summed E-state index contributed by atoms with van der Waals surface area (Å²) in [5.41, 5.74) is 0.0291. The third-order valence-corrected chi connectivity index (χ3v) is 7.55. The molecule has 3 rings (SSSR count). The van der Waals surface area contributed by atoms with E-state index < -0.39 is 26.9 Å². The summed E-state index contributed by atoms with van der Waals surface area (Å²) in [6.07, 6.45) is 3.26. The number of sulfone groups is 1. The number of amides is 2. The lowest BCUT2D eigenvalue weighted by molar-refractivity contribution is 0.247. The fourth-order valence-corrected chi connectivity index (χ4v) is 5.03. The summed E-state index contributed by atoms with van der Waals surface area (Å²) in [6, 6.07) is 2.46. The average Bonchev–Trinajstić information content (AvgIpc) is 3.17. The number of carbonyl (C=O) groups is 1. The number of rotatable bonds is 4. The van der Waals surface area contributed by atoms with E-state index in [1.807, 2.05) is 0 Å². The fraction of sp³-hybridized carbons (Fsp3) is 0.562. The van der Waals surface area contributed by atoms with E-state index in [0.29, 0.717) is 5.92 Å². The normalized spacial score (nSPS) is 25.4. The van der Waals surface area contributed by atoms with Crippen molar-refractivity contribution in [1.29, 1.82) is 0 Å². The van der Waals surface area contributed by atoms with Gasteiger partial charge in [0.05, 0.1) is 16.0 Å². The molecule has 0 aromatic heterocycles. The van der Waals surface area contributed by atoms with Crippen LogP contribution in [0.5, 0.6) is 5.75 Å². The first-order valence-electron chi connectivity index (χ1n) is 8.04. The molecule has 2 aliphatic carbocycles. The number of aromatic hydroxyl groups is 1. The van der Waals surface area contributed by atoms with Crippen molar-refractivity contribution in [2.24, 2.45) is 11.8 Å². The number of carbonyl (C=O) groups excluding carboxylic acids is 1. The zero-order valence-electron chi connectivity index (χ0n) is 13.5. The van der Waals surface area contributed by atoms with Gasteiger partial charge in [-0.25, -0.2) is 13.2 Å². The van der Waals surface area contributed by atoms with Gasteiger partial charge in [0.1, 0.15) is 4.90 Å². The van der Waals surface area contributed by atoms with Crippen LogP contribution in [0.2, 0.25) is 5.02 Å². The van der Waals surface area contributed by atoms with Crippen molar-refractivity contribution < 1.29 is 18.3 Å². The van der Waals surface area contributed by atoms with Gasteiger partial charge in [-0.1, -0.05) is 11.6 Å². The molecule has 2 saturated carbocycles. The molecule has 0 bridgehead atoms. The Morgan fingerprint density at radius 2 is 2.04 bits per heavy atom. The van der Waals surface area contributed by atoms with Crippen molar-refractivity contribution in [3.8, 4) is 5.75 Å². The monoisotopic (exact) mass is 372 g/mol. The van der Waals surface area contributed by atoms with Crippen LogP contribution in [0.15, 0.2) is 17.0 Å². The van der Waals surface area contributed by atoms with Gasteiger partial charge in [-0.05, 0) is 57.1 Å². The number of hydrogen-bond donors (Lipinski definition) is 3. The number of benzene rings is 1. The Balaban J connectivity index is 1.80. The van der Waals surface area contributed by atoms with Crippen LogP contribution in [0.1, 0.15) is 33.1 Å². The maximum absolute atomic E-state index is 12.4. The predicted octanol–water partition coefficient (Wildman–Crippen LogP) is 3.15. The molecule has 0 radical (unpaired) electrons. The molecule has 2 amide bonds. The summed E-state index contributed by atoms with van der Waals surface area (Å²) in [6.45, 7) is 3.01. The van der Waals surface area contributed by atoms with E-state index in [1.54, 1.807) is 0 Å². The number of phenolic OH excluding ortho intramolecular Hbond substituents is 1. The highest BCUT2D eigenvalue weighted by Gasteiger charge is 2.48. The quantitative estimate of drug-likeness (QED) is 0.707. The van der Waals surface area contributed by atoms with Crippen molar-refractivity contribution >= 4 is 33.2 Å². The molecule has 24 heavy (non-hydrogen) atoms. The average molecular weight is 373 g/mol. The Morgan fingerprint density at radius 3 is 2.58 bits per heavy atom. The lowest BCUT2D eigenvalue weighted by atomic mass is 10.2. The second kappa shape index (κ2) is 6.11. The number of fused-ring (bicyclic) bond motifs is 1. The van der Waals surface area contributed by atoms with Gasteiger partial charge in [0.25, 0.3) is 0 Å².